The second kappa shape index (κ2) is 7.47. The van der Waals surface area contributed by atoms with Crippen LogP contribution in [0.3, 0.4) is 0 Å². The molecule has 1 atom stereocenters. The van der Waals surface area contributed by atoms with Crippen LogP contribution in [0.4, 0.5) is 0 Å². The molecule has 1 N–H and O–H groups in total. The van der Waals surface area contributed by atoms with Crippen LogP contribution in [0.15, 0.2) is 18.5 Å². The van der Waals surface area contributed by atoms with Crippen molar-refractivity contribution in [2.45, 2.75) is 53.1 Å². The number of aryl methyl sites for hydroxylation is 2. The van der Waals surface area contributed by atoms with Crippen LogP contribution >= 0.6 is 0 Å². The van der Waals surface area contributed by atoms with Crippen molar-refractivity contribution in [3.8, 4) is 5.88 Å². The summed E-state index contributed by atoms with van der Waals surface area (Å²) in [7, 11) is 1.59. The first-order valence-electron chi connectivity index (χ1n) is 8.16. The third-order valence-corrected chi connectivity index (χ3v) is 4.08. The lowest BCUT2D eigenvalue weighted by molar-refractivity contribution is -0.124. The van der Waals surface area contributed by atoms with Crippen LogP contribution in [0.1, 0.15) is 55.4 Å². The second-order valence-electron chi connectivity index (χ2n) is 6.31. The number of aromatic nitrogens is 3. The van der Waals surface area contributed by atoms with Crippen LogP contribution < -0.4 is 10.1 Å². The molecule has 6 nitrogen and oxygen atoms in total. The Morgan fingerprint density at radius 3 is 2.67 bits per heavy atom. The highest BCUT2D eigenvalue weighted by atomic mass is 16.5. The Bertz CT molecular complexity index is 722. The van der Waals surface area contributed by atoms with Gasteiger partial charge in [-0.2, -0.15) is 0 Å². The molecule has 0 saturated carbocycles. The number of methoxy groups -OCH3 is 1. The minimum Gasteiger partial charge on any atom is -0.481 e. The molecule has 2 rings (SSSR count). The highest BCUT2D eigenvalue weighted by Gasteiger charge is 2.20. The van der Waals surface area contributed by atoms with Crippen molar-refractivity contribution in [2.75, 3.05) is 7.11 Å². The van der Waals surface area contributed by atoms with E-state index in [2.05, 4.69) is 29.1 Å². The predicted molar refractivity (Wildman–Crippen MR) is 93.1 cm³/mol. The van der Waals surface area contributed by atoms with E-state index in [0.717, 1.165) is 22.6 Å². The maximum atomic E-state index is 12.5. The third kappa shape index (κ3) is 3.75. The van der Waals surface area contributed by atoms with Crippen molar-refractivity contribution in [2.24, 2.45) is 0 Å². The van der Waals surface area contributed by atoms with Crippen molar-refractivity contribution in [3.05, 3.63) is 41.1 Å². The molecular formula is C18H26N4O2. The lowest BCUT2D eigenvalue weighted by Crippen LogP contribution is -2.31. The summed E-state index contributed by atoms with van der Waals surface area (Å²) in [5.74, 6) is 1.67. The Balaban J connectivity index is 2.12. The molecule has 0 spiro atoms. The fraction of sp³-hybridized carbons (Fsp3) is 0.500. The second-order valence-corrected chi connectivity index (χ2v) is 6.31. The molecule has 130 valence electrons. The van der Waals surface area contributed by atoms with Gasteiger partial charge in [0.1, 0.15) is 11.9 Å². The largest absolute Gasteiger partial charge is 0.481 e. The molecule has 24 heavy (non-hydrogen) atoms. The maximum absolute atomic E-state index is 12.5. The first-order chi connectivity index (χ1) is 11.3. The number of rotatable bonds is 6. The molecule has 0 aliphatic heterocycles. The Labute approximate surface area is 143 Å². The number of carbonyl (C=O) groups is 1. The number of ether oxygens (including phenoxy) is 1. The summed E-state index contributed by atoms with van der Waals surface area (Å²) in [5, 5.41) is 2.98. The summed E-state index contributed by atoms with van der Waals surface area (Å²) >= 11 is 0. The zero-order valence-corrected chi connectivity index (χ0v) is 15.3. The number of nitrogens with one attached hydrogen (secondary N) is 1. The van der Waals surface area contributed by atoms with Gasteiger partial charge in [-0.25, -0.2) is 9.97 Å². The standard InChI is InChI=1S/C18H26N4O2/c1-11(2)16-19-7-8-22(16)14(5)17(23)20-10-15-12(3)9-13(4)21-18(15)24-6/h7-9,11,14H,10H2,1-6H3,(H,20,23)/t14-/m0/s1. The smallest absolute Gasteiger partial charge is 0.243 e. The summed E-state index contributed by atoms with van der Waals surface area (Å²) in [5.41, 5.74) is 2.85. The van der Waals surface area contributed by atoms with E-state index in [1.807, 2.05) is 37.6 Å². The SMILES string of the molecule is COc1nc(C)cc(C)c1CNC(=O)[C@H](C)n1ccnc1C(C)C. The van der Waals surface area contributed by atoms with Gasteiger partial charge in [-0.15, -0.1) is 0 Å². The summed E-state index contributed by atoms with van der Waals surface area (Å²) in [6.07, 6.45) is 3.58. The van der Waals surface area contributed by atoms with E-state index in [1.165, 1.54) is 0 Å². The number of hydrogen-bond donors (Lipinski definition) is 1. The molecule has 0 fully saturated rings. The molecule has 1 amide bonds. The summed E-state index contributed by atoms with van der Waals surface area (Å²) < 4.78 is 7.26. The van der Waals surface area contributed by atoms with Gasteiger partial charge in [0.25, 0.3) is 0 Å². The maximum Gasteiger partial charge on any atom is 0.243 e. The van der Waals surface area contributed by atoms with Crippen molar-refractivity contribution < 1.29 is 9.53 Å². The highest BCUT2D eigenvalue weighted by molar-refractivity contribution is 5.80. The highest BCUT2D eigenvalue weighted by Crippen LogP contribution is 2.21. The summed E-state index contributed by atoms with van der Waals surface area (Å²) in [6.45, 7) is 10.3. The molecule has 0 saturated heterocycles. The van der Waals surface area contributed by atoms with Gasteiger partial charge < -0.3 is 14.6 Å². The molecule has 0 aromatic carbocycles. The summed E-state index contributed by atoms with van der Waals surface area (Å²) in [6, 6.07) is 1.66. The van der Waals surface area contributed by atoms with Gasteiger partial charge in [0.15, 0.2) is 0 Å². The number of amides is 1. The van der Waals surface area contributed by atoms with Crippen LogP contribution in [0.25, 0.3) is 0 Å². The monoisotopic (exact) mass is 330 g/mol. The zero-order valence-electron chi connectivity index (χ0n) is 15.3. The molecule has 0 aliphatic rings. The molecule has 0 bridgehead atoms. The van der Waals surface area contributed by atoms with Gasteiger partial charge in [-0.3, -0.25) is 4.79 Å². The molecule has 6 heteroatoms. The minimum absolute atomic E-state index is 0.0584. The van der Waals surface area contributed by atoms with Crippen molar-refractivity contribution in [1.29, 1.82) is 0 Å². The first kappa shape index (κ1) is 18.0. The zero-order chi connectivity index (χ0) is 17.9. The molecule has 2 heterocycles. The number of pyridine rings is 1. The quantitative estimate of drug-likeness (QED) is 0.884. The molecule has 0 aliphatic carbocycles. The van der Waals surface area contributed by atoms with Crippen LogP contribution in [0.5, 0.6) is 5.88 Å². The van der Waals surface area contributed by atoms with Gasteiger partial charge in [0, 0.05) is 36.1 Å². The Morgan fingerprint density at radius 2 is 2.04 bits per heavy atom. The predicted octanol–water partition coefficient (Wildman–Crippen LogP) is 2.90. The summed E-state index contributed by atoms with van der Waals surface area (Å²) in [4.78, 5) is 21.3. The van der Waals surface area contributed by atoms with Crippen LogP contribution in [0.2, 0.25) is 0 Å². The van der Waals surface area contributed by atoms with Crippen LogP contribution in [0, 0.1) is 13.8 Å². The average molecular weight is 330 g/mol. The number of imidazole rings is 1. The van der Waals surface area contributed by atoms with E-state index in [0.29, 0.717) is 12.4 Å². The van der Waals surface area contributed by atoms with E-state index in [-0.39, 0.29) is 17.9 Å². The molecule has 0 radical (unpaired) electrons. The third-order valence-electron chi connectivity index (χ3n) is 4.08. The molecule has 2 aromatic rings. The fourth-order valence-corrected chi connectivity index (χ4v) is 2.76. The van der Waals surface area contributed by atoms with Crippen molar-refractivity contribution >= 4 is 5.91 Å². The van der Waals surface area contributed by atoms with Gasteiger partial charge in [-0.1, -0.05) is 13.8 Å². The van der Waals surface area contributed by atoms with E-state index < -0.39 is 0 Å². The fourth-order valence-electron chi connectivity index (χ4n) is 2.76. The lowest BCUT2D eigenvalue weighted by atomic mass is 10.1. The van der Waals surface area contributed by atoms with Gasteiger partial charge in [0.05, 0.1) is 7.11 Å². The Kier molecular flexibility index (Phi) is 5.59. The number of hydrogen-bond acceptors (Lipinski definition) is 4. The number of nitrogens with zero attached hydrogens (tertiary/aromatic N) is 3. The van der Waals surface area contributed by atoms with Crippen LogP contribution in [-0.2, 0) is 11.3 Å². The molecular weight excluding hydrogens is 304 g/mol. The molecule has 0 unspecified atom stereocenters. The average Bonchev–Trinajstić information content (AvgIpc) is 3.02. The number of carbonyl (C=O) groups excluding carboxylic acids is 1. The van der Waals surface area contributed by atoms with E-state index in [4.69, 9.17) is 4.74 Å². The van der Waals surface area contributed by atoms with E-state index in [1.54, 1.807) is 13.3 Å². The van der Waals surface area contributed by atoms with Crippen molar-refractivity contribution in [1.82, 2.24) is 19.9 Å². The van der Waals surface area contributed by atoms with Gasteiger partial charge in [0.2, 0.25) is 11.8 Å². The Hall–Kier alpha value is -2.37. The first-order valence-corrected chi connectivity index (χ1v) is 8.16. The van der Waals surface area contributed by atoms with E-state index >= 15 is 0 Å². The van der Waals surface area contributed by atoms with Gasteiger partial charge in [-0.05, 0) is 32.4 Å². The Morgan fingerprint density at radius 1 is 1.33 bits per heavy atom. The van der Waals surface area contributed by atoms with Gasteiger partial charge >= 0.3 is 0 Å². The van der Waals surface area contributed by atoms with E-state index in [9.17, 15) is 4.79 Å². The lowest BCUT2D eigenvalue weighted by Gasteiger charge is -2.19. The van der Waals surface area contributed by atoms with Crippen molar-refractivity contribution in [3.63, 3.8) is 0 Å². The molecule has 2 aromatic heterocycles. The van der Waals surface area contributed by atoms with Crippen LogP contribution in [-0.4, -0.2) is 27.6 Å². The topological polar surface area (TPSA) is 69.0 Å². The minimum atomic E-state index is -0.324. The normalized spacial score (nSPS) is 12.3.